The summed E-state index contributed by atoms with van der Waals surface area (Å²) in [5.74, 6) is -0.0965. The van der Waals surface area contributed by atoms with Gasteiger partial charge in [-0.3, -0.25) is 4.79 Å². The van der Waals surface area contributed by atoms with E-state index >= 15 is 0 Å². The van der Waals surface area contributed by atoms with E-state index in [1.54, 1.807) is 16.7 Å². The summed E-state index contributed by atoms with van der Waals surface area (Å²) >= 11 is 4.51. The molecule has 3 heterocycles. The summed E-state index contributed by atoms with van der Waals surface area (Å²) < 4.78 is 0.730. The smallest absolute Gasteiger partial charge is 0.355 e. The quantitative estimate of drug-likeness (QED) is 0.664. The number of thiazole rings is 1. The van der Waals surface area contributed by atoms with Gasteiger partial charge in [-0.1, -0.05) is 11.8 Å². The predicted molar refractivity (Wildman–Crippen MR) is 102 cm³/mol. The molecule has 3 rings (SSSR count). The van der Waals surface area contributed by atoms with Crippen molar-refractivity contribution < 1.29 is 14.7 Å². The van der Waals surface area contributed by atoms with Gasteiger partial charge in [-0.15, -0.1) is 22.7 Å². The molecule has 1 atom stereocenters. The monoisotopic (exact) mass is 397 g/mol. The maximum atomic E-state index is 12.1. The summed E-state index contributed by atoms with van der Waals surface area (Å²) in [6.45, 7) is 3.49. The summed E-state index contributed by atoms with van der Waals surface area (Å²) in [4.78, 5) is 29.0. The lowest BCUT2D eigenvalue weighted by Gasteiger charge is -2.25. The minimum atomic E-state index is -1.01. The molecule has 1 aliphatic rings. The van der Waals surface area contributed by atoms with Gasteiger partial charge in [0.2, 0.25) is 5.91 Å². The zero-order chi connectivity index (χ0) is 17.8. The number of hydrogen-bond acceptors (Lipinski definition) is 7. The second-order valence-corrected chi connectivity index (χ2v) is 8.86. The highest BCUT2D eigenvalue weighted by Crippen LogP contribution is 2.26. The Morgan fingerprint density at radius 3 is 3.04 bits per heavy atom. The van der Waals surface area contributed by atoms with Crippen LogP contribution in [0.5, 0.6) is 0 Å². The second-order valence-electron chi connectivity index (χ2n) is 5.75. The Labute approximate surface area is 158 Å². The molecule has 0 bridgehead atoms. The van der Waals surface area contributed by atoms with Crippen LogP contribution < -0.4 is 5.32 Å². The van der Waals surface area contributed by atoms with Gasteiger partial charge in [0.1, 0.15) is 0 Å². The highest BCUT2D eigenvalue weighted by atomic mass is 32.2. The summed E-state index contributed by atoms with van der Waals surface area (Å²) in [5, 5.41) is 17.1. The van der Waals surface area contributed by atoms with Crippen molar-refractivity contribution in [3.05, 3.63) is 28.1 Å². The topological polar surface area (TPSA) is 82.5 Å². The van der Waals surface area contributed by atoms with Crippen molar-refractivity contribution in [2.75, 3.05) is 24.2 Å². The van der Waals surface area contributed by atoms with Crippen LogP contribution >= 0.6 is 34.4 Å². The van der Waals surface area contributed by atoms with Crippen LogP contribution in [0.15, 0.2) is 21.2 Å². The number of hydrogen-bond donors (Lipinski definition) is 2. The van der Waals surface area contributed by atoms with Gasteiger partial charge in [0.15, 0.2) is 10.0 Å². The van der Waals surface area contributed by atoms with Crippen molar-refractivity contribution in [3.63, 3.8) is 0 Å². The molecule has 1 amide bonds. The number of carboxylic acids is 1. The minimum absolute atomic E-state index is 0.0816. The number of carbonyl (C=O) groups excluding carboxylic acids is 1. The first-order valence-corrected chi connectivity index (χ1v) is 10.7. The van der Waals surface area contributed by atoms with Crippen LogP contribution in [0.4, 0.5) is 5.00 Å². The lowest BCUT2D eigenvalue weighted by atomic mass is 10.2. The molecule has 134 valence electrons. The Morgan fingerprint density at radius 2 is 2.36 bits per heavy atom. The molecule has 0 spiro atoms. The molecule has 1 aliphatic heterocycles. The number of nitrogens with one attached hydrogen (secondary N) is 1. The van der Waals surface area contributed by atoms with E-state index in [4.69, 9.17) is 5.11 Å². The van der Waals surface area contributed by atoms with Crippen LogP contribution in [0.25, 0.3) is 0 Å². The van der Waals surface area contributed by atoms with E-state index in [1.165, 1.54) is 28.7 Å². The van der Waals surface area contributed by atoms with Crippen molar-refractivity contribution >= 4 is 51.3 Å². The fourth-order valence-corrected chi connectivity index (χ4v) is 5.37. The molecule has 2 N–H and O–H groups in total. The third-order valence-electron chi connectivity index (χ3n) is 4.07. The molecular formula is C16H19N3O3S3. The van der Waals surface area contributed by atoms with Gasteiger partial charge < -0.3 is 15.3 Å². The average Bonchev–Trinajstić information content (AvgIpc) is 3.28. The fourth-order valence-electron chi connectivity index (χ4n) is 2.73. The fraction of sp³-hybridized carbons (Fsp3) is 0.438. The van der Waals surface area contributed by atoms with Gasteiger partial charge >= 0.3 is 5.97 Å². The van der Waals surface area contributed by atoms with Crippen molar-refractivity contribution in [1.82, 2.24) is 9.88 Å². The van der Waals surface area contributed by atoms with Gasteiger partial charge in [0.25, 0.3) is 0 Å². The number of thioether (sulfide) groups is 1. The van der Waals surface area contributed by atoms with E-state index in [0.29, 0.717) is 18.7 Å². The number of nitrogens with zero attached hydrogens (tertiary/aromatic N) is 2. The van der Waals surface area contributed by atoms with E-state index in [2.05, 4.69) is 28.7 Å². The van der Waals surface area contributed by atoms with Gasteiger partial charge in [0.05, 0.1) is 5.00 Å². The largest absolute Gasteiger partial charge is 0.476 e. The molecule has 0 saturated carbocycles. The molecule has 25 heavy (non-hydrogen) atoms. The first kappa shape index (κ1) is 18.2. The Hall–Kier alpha value is -1.58. The van der Waals surface area contributed by atoms with Crippen molar-refractivity contribution in [3.8, 4) is 0 Å². The molecule has 1 saturated heterocycles. The molecule has 0 aromatic carbocycles. The summed E-state index contributed by atoms with van der Waals surface area (Å²) in [6.07, 6.45) is 1.47. The van der Waals surface area contributed by atoms with Gasteiger partial charge in [-0.05, 0) is 30.4 Å². The number of rotatable bonds is 8. The standard InChI is InChI=1S/C16H19N3O3S3/c1-10-4-6-23-14(10)17-8-11-2-3-13(20)19(11)5-7-24-16-18-12(9-25-16)15(21)22/h4,6,9,11,17H,2-3,5,7-8H2,1H3,(H,21,22)/t11-/m1/s1. The number of amides is 1. The lowest BCUT2D eigenvalue weighted by molar-refractivity contribution is -0.128. The zero-order valence-electron chi connectivity index (χ0n) is 13.7. The molecule has 0 radical (unpaired) electrons. The van der Waals surface area contributed by atoms with Crippen LogP contribution in [0, 0.1) is 6.92 Å². The number of aromatic nitrogens is 1. The second kappa shape index (κ2) is 8.20. The summed E-state index contributed by atoms with van der Waals surface area (Å²) in [6, 6.07) is 2.29. The first-order chi connectivity index (χ1) is 12.0. The van der Waals surface area contributed by atoms with Gasteiger partial charge in [0, 0.05) is 36.7 Å². The van der Waals surface area contributed by atoms with Gasteiger partial charge in [-0.25, -0.2) is 9.78 Å². The highest BCUT2D eigenvalue weighted by molar-refractivity contribution is 8.01. The van der Waals surface area contributed by atoms with Crippen LogP contribution in [0.1, 0.15) is 28.9 Å². The Balaban J connectivity index is 1.49. The van der Waals surface area contributed by atoms with E-state index in [-0.39, 0.29) is 17.6 Å². The molecule has 9 heteroatoms. The van der Waals surface area contributed by atoms with Crippen LogP contribution in [0.2, 0.25) is 0 Å². The summed E-state index contributed by atoms with van der Waals surface area (Å²) in [7, 11) is 0. The average molecular weight is 398 g/mol. The number of thiophene rings is 1. The van der Waals surface area contributed by atoms with E-state index in [9.17, 15) is 9.59 Å². The van der Waals surface area contributed by atoms with Crippen molar-refractivity contribution in [1.29, 1.82) is 0 Å². The molecular weight excluding hydrogens is 378 g/mol. The minimum Gasteiger partial charge on any atom is -0.476 e. The Kier molecular flexibility index (Phi) is 5.98. The number of carbonyl (C=O) groups is 2. The number of aryl methyl sites for hydroxylation is 1. The number of aromatic carboxylic acids is 1. The third-order valence-corrected chi connectivity index (χ3v) is 7.05. The van der Waals surface area contributed by atoms with Crippen molar-refractivity contribution in [2.45, 2.75) is 30.1 Å². The normalized spacial score (nSPS) is 17.2. The van der Waals surface area contributed by atoms with E-state index < -0.39 is 5.97 Å². The number of carboxylic acid groups (broad SMARTS) is 1. The zero-order valence-corrected chi connectivity index (χ0v) is 16.2. The Bertz CT molecular complexity index is 759. The molecule has 1 fully saturated rings. The predicted octanol–water partition coefficient (Wildman–Crippen LogP) is 3.41. The van der Waals surface area contributed by atoms with Crippen molar-refractivity contribution in [2.24, 2.45) is 0 Å². The number of likely N-dealkylation sites (tertiary alicyclic amines) is 1. The number of anilines is 1. The summed E-state index contributed by atoms with van der Waals surface area (Å²) in [5.41, 5.74) is 1.31. The first-order valence-electron chi connectivity index (χ1n) is 7.93. The SMILES string of the molecule is Cc1ccsc1NC[C@H]1CCC(=O)N1CCSc1nc(C(=O)O)cs1. The molecule has 0 unspecified atom stereocenters. The van der Waals surface area contributed by atoms with Crippen LogP contribution in [-0.2, 0) is 4.79 Å². The van der Waals surface area contributed by atoms with Crippen LogP contribution in [-0.4, -0.2) is 51.8 Å². The Morgan fingerprint density at radius 1 is 1.52 bits per heavy atom. The van der Waals surface area contributed by atoms with E-state index in [0.717, 1.165) is 22.3 Å². The van der Waals surface area contributed by atoms with Gasteiger partial charge in [-0.2, -0.15) is 0 Å². The maximum absolute atomic E-state index is 12.1. The maximum Gasteiger partial charge on any atom is 0.355 e. The molecule has 6 nitrogen and oxygen atoms in total. The molecule has 2 aromatic heterocycles. The lowest BCUT2D eigenvalue weighted by Crippen LogP contribution is -2.39. The van der Waals surface area contributed by atoms with Crippen LogP contribution in [0.3, 0.4) is 0 Å². The highest BCUT2D eigenvalue weighted by Gasteiger charge is 2.30. The molecule has 0 aliphatic carbocycles. The third kappa shape index (κ3) is 4.53. The van der Waals surface area contributed by atoms with E-state index in [1.807, 2.05) is 4.90 Å². The molecule has 2 aromatic rings.